The van der Waals surface area contributed by atoms with Crippen LogP contribution in [0.25, 0.3) is 0 Å². The van der Waals surface area contributed by atoms with Gasteiger partial charge in [0.2, 0.25) is 5.91 Å². The quantitative estimate of drug-likeness (QED) is 0.870. The maximum Gasteiger partial charge on any atom is 0.262 e. The van der Waals surface area contributed by atoms with Crippen LogP contribution in [0.1, 0.15) is 59.7 Å². The van der Waals surface area contributed by atoms with Gasteiger partial charge in [0.15, 0.2) is 0 Å². The van der Waals surface area contributed by atoms with E-state index in [1.54, 1.807) is 24.3 Å². The maximum absolute atomic E-state index is 12.3. The first kappa shape index (κ1) is 14.8. The molecule has 3 rings (SSSR count). The molecule has 1 heterocycles. The molecule has 1 aromatic carbocycles. The minimum atomic E-state index is -0.385. The molecule has 2 aliphatic rings. The number of nitrogens with one attached hydrogen (secondary N) is 1. The summed E-state index contributed by atoms with van der Waals surface area (Å²) in [6, 6.07) is 6.68. The predicted octanol–water partition coefficient (Wildman–Crippen LogP) is 2.12. The van der Waals surface area contributed by atoms with Crippen molar-refractivity contribution in [3.05, 3.63) is 35.4 Å². The molecule has 0 aromatic heterocycles. The first-order valence-corrected chi connectivity index (χ1v) is 7.76. The topological polar surface area (TPSA) is 66.5 Å². The van der Waals surface area contributed by atoms with Gasteiger partial charge in [0.25, 0.3) is 11.8 Å². The number of imide groups is 1. The van der Waals surface area contributed by atoms with E-state index in [9.17, 15) is 14.4 Å². The van der Waals surface area contributed by atoms with E-state index in [0.717, 1.165) is 30.6 Å². The standard InChI is InChI=1S/C17H20N2O3/c1-17(9-5-2-6-10-17)18-14(20)11-19-15(21)12-7-3-4-8-13(12)16(19)22/h3-4,7-8H,2,5-6,9-11H2,1H3,(H,18,20). The summed E-state index contributed by atoms with van der Waals surface area (Å²) in [5.74, 6) is -1.03. The molecule has 3 amide bonds. The number of fused-ring (bicyclic) bond motifs is 1. The Hall–Kier alpha value is -2.17. The Labute approximate surface area is 129 Å². The van der Waals surface area contributed by atoms with E-state index in [0.29, 0.717) is 11.1 Å². The molecule has 1 aliphatic heterocycles. The van der Waals surface area contributed by atoms with Crippen LogP contribution in [0.5, 0.6) is 0 Å². The highest BCUT2D eigenvalue weighted by Gasteiger charge is 2.37. The average Bonchev–Trinajstić information content (AvgIpc) is 2.73. The minimum Gasteiger partial charge on any atom is -0.349 e. The normalized spacial score (nSPS) is 20.0. The molecular formula is C17H20N2O3. The summed E-state index contributed by atoms with van der Waals surface area (Å²) in [5.41, 5.74) is 0.543. The second-order valence-electron chi connectivity index (χ2n) is 6.41. The van der Waals surface area contributed by atoms with Crippen LogP contribution in [0, 0.1) is 0 Å². The summed E-state index contributed by atoms with van der Waals surface area (Å²) in [6.45, 7) is 1.83. The van der Waals surface area contributed by atoms with E-state index in [1.807, 2.05) is 6.92 Å². The van der Waals surface area contributed by atoms with Crippen LogP contribution < -0.4 is 5.32 Å². The summed E-state index contributed by atoms with van der Waals surface area (Å²) in [4.78, 5) is 37.8. The molecule has 1 saturated carbocycles. The zero-order valence-corrected chi connectivity index (χ0v) is 12.7. The third-order valence-corrected chi connectivity index (χ3v) is 4.58. The van der Waals surface area contributed by atoms with E-state index in [1.165, 1.54) is 6.42 Å². The number of carbonyl (C=O) groups excluding carboxylic acids is 3. The Morgan fingerprint density at radius 3 is 2.18 bits per heavy atom. The molecule has 1 aromatic rings. The number of benzene rings is 1. The molecule has 5 heteroatoms. The molecule has 0 bridgehead atoms. The van der Waals surface area contributed by atoms with Crippen molar-refractivity contribution in [3.63, 3.8) is 0 Å². The van der Waals surface area contributed by atoms with Crippen LogP contribution in [-0.2, 0) is 4.79 Å². The molecule has 22 heavy (non-hydrogen) atoms. The van der Waals surface area contributed by atoms with Crippen molar-refractivity contribution in [1.82, 2.24) is 10.2 Å². The fourth-order valence-electron chi connectivity index (χ4n) is 3.36. The fraction of sp³-hybridized carbons (Fsp3) is 0.471. The lowest BCUT2D eigenvalue weighted by Gasteiger charge is -2.35. The largest absolute Gasteiger partial charge is 0.349 e. The molecule has 0 saturated heterocycles. The molecule has 1 fully saturated rings. The SMILES string of the molecule is CC1(NC(=O)CN2C(=O)c3ccccc3C2=O)CCCCC1. The zero-order valence-electron chi connectivity index (χ0n) is 12.7. The summed E-state index contributed by atoms with van der Waals surface area (Å²) < 4.78 is 0. The van der Waals surface area contributed by atoms with Crippen LogP contribution in [0.15, 0.2) is 24.3 Å². The van der Waals surface area contributed by atoms with Crippen molar-refractivity contribution in [2.45, 2.75) is 44.6 Å². The minimum absolute atomic E-state index is 0.206. The fourth-order valence-corrected chi connectivity index (χ4v) is 3.36. The first-order valence-electron chi connectivity index (χ1n) is 7.76. The summed E-state index contributed by atoms with van der Waals surface area (Å²) in [5, 5.41) is 3.00. The van der Waals surface area contributed by atoms with Gasteiger partial charge in [0.05, 0.1) is 11.1 Å². The van der Waals surface area contributed by atoms with Gasteiger partial charge in [-0.15, -0.1) is 0 Å². The Kier molecular flexibility index (Phi) is 3.72. The summed E-state index contributed by atoms with van der Waals surface area (Å²) in [7, 11) is 0. The Balaban J connectivity index is 1.68. The van der Waals surface area contributed by atoms with Gasteiger partial charge >= 0.3 is 0 Å². The van der Waals surface area contributed by atoms with E-state index in [-0.39, 0.29) is 29.8 Å². The van der Waals surface area contributed by atoms with E-state index in [2.05, 4.69) is 5.32 Å². The van der Waals surface area contributed by atoms with Crippen molar-refractivity contribution >= 4 is 17.7 Å². The smallest absolute Gasteiger partial charge is 0.262 e. The molecule has 0 atom stereocenters. The molecule has 0 unspecified atom stereocenters. The molecule has 5 nitrogen and oxygen atoms in total. The predicted molar refractivity (Wildman–Crippen MR) is 81.4 cm³/mol. The average molecular weight is 300 g/mol. The number of nitrogens with zero attached hydrogens (tertiary/aromatic N) is 1. The number of carbonyl (C=O) groups is 3. The third kappa shape index (κ3) is 2.63. The highest BCUT2D eigenvalue weighted by atomic mass is 16.2. The lowest BCUT2D eigenvalue weighted by atomic mass is 9.83. The van der Waals surface area contributed by atoms with Crippen molar-refractivity contribution in [1.29, 1.82) is 0 Å². The first-order chi connectivity index (χ1) is 10.5. The summed E-state index contributed by atoms with van der Waals surface area (Å²) >= 11 is 0. The Bertz CT molecular complexity index is 598. The van der Waals surface area contributed by atoms with Crippen LogP contribution in [0.2, 0.25) is 0 Å². The van der Waals surface area contributed by atoms with Crippen molar-refractivity contribution in [3.8, 4) is 0 Å². The van der Waals surface area contributed by atoms with Gasteiger partial charge in [0, 0.05) is 5.54 Å². The van der Waals surface area contributed by atoms with Crippen molar-refractivity contribution in [2.24, 2.45) is 0 Å². The molecule has 0 radical (unpaired) electrons. The molecule has 116 valence electrons. The van der Waals surface area contributed by atoms with Gasteiger partial charge < -0.3 is 5.32 Å². The third-order valence-electron chi connectivity index (χ3n) is 4.58. The van der Waals surface area contributed by atoms with Gasteiger partial charge in [-0.25, -0.2) is 0 Å². The molecule has 0 spiro atoms. The number of hydrogen-bond acceptors (Lipinski definition) is 3. The van der Waals surface area contributed by atoms with Crippen molar-refractivity contribution in [2.75, 3.05) is 6.54 Å². The number of rotatable bonds is 3. The van der Waals surface area contributed by atoms with Crippen LogP contribution in [0.3, 0.4) is 0 Å². The zero-order chi connectivity index (χ0) is 15.7. The number of hydrogen-bond donors (Lipinski definition) is 1. The van der Waals surface area contributed by atoms with Crippen LogP contribution in [0.4, 0.5) is 0 Å². The highest BCUT2D eigenvalue weighted by Crippen LogP contribution is 2.28. The van der Waals surface area contributed by atoms with E-state index < -0.39 is 0 Å². The monoisotopic (exact) mass is 300 g/mol. The Morgan fingerprint density at radius 2 is 1.64 bits per heavy atom. The van der Waals surface area contributed by atoms with Gasteiger partial charge in [-0.2, -0.15) is 0 Å². The molecule has 1 N–H and O–H groups in total. The lowest BCUT2D eigenvalue weighted by molar-refractivity contribution is -0.123. The van der Waals surface area contributed by atoms with Crippen LogP contribution >= 0.6 is 0 Å². The van der Waals surface area contributed by atoms with E-state index >= 15 is 0 Å². The molecule has 1 aliphatic carbocycles. The van der Waals surface area contributed by atoms with Crippen molar-refractivity contribution < 1.29 is 14.4 Å². The second-order valence-corrected chi connectivity index (χ2v) is 6.41. The Morgan fingerprint density at radius 1 is 1.09 bits per heavy atom. The van der Waals surface area contributed by atoms with Crippen LogP contribution in [-0.4, -0.2) is 34.7 Å². The van der Waals surface area contributed by atoms with Gasteiger partial charge in [0.1, 0.15) is 6.54 Å². The van der Waals surface area contributed by atoms with Gasteiger partial charge in [-0.3, -0.25) is 19.3 Å². The maximum atomic E-state index is 12.3. The van der Waals surface area contributed by atoms with Gasteiger partial charge in [-0.1, -0.05) is 31.4 Å². The highest BCUT2D eigenvalue weighted by molar-refractivity contribution is 6.22. The van der Waals surface area contributed by atoms with Gasteiger partial charge in [-0.05, 0) is 31.9 Å². The molecular weight excluding hydrogens is 280 g/mol. The van der Waals surface area contributed by atoms with E-state index in [4.69, 9.17) is 0 Å². The summed E-state index contributed by atoms with van der Waals surface area (Å²) in [6.07, 6.45) is 5.29. The number of amides is 3. The second kappa shape index (κ2) is 5.55. The lowest BCUT2D eigenvalue weighted by Crippen LogP contribution is -2.51.